The number of rotatable bonds is 7. The van der Waals surface area contributed by atoms with Crippen molar-refractivity contribution < 1.29 is 4.79 Å². The standard InChI is InChI=1S/C30H41N5O/c31-18-23-11-13-24(14-12-23)20-34-15-16-35(21-28(34)17-27-19-32-22-33-27)30(36)29(25-7-3-1-4-8-25)26-9-5-2-6-10-26/h11-14,19,22,25-26,28-29H,1-10,15-17,20-21H2,(H,32,33). The van der Waals surface area contributed by atoms with Gasteiger partial charge in [-0.15, -0.1) is 0 Å². The lowest BCUT2D eigenvalue weighted by atomic mass is 9.69. The quantitative estimate of drug-likeness (QED) is 0.574. The highest BCUT2D eigenvalue weighted by Gasteiger charge is 2.40. The number of carbonyl (C=O) groups excluding carboxylic acids is 1. The Balaban J connectivity index is 1.32. The summed E-state index contributed by atoms with van der Waals surface area (Å²) in [7, 11) is 0. The van der Waals surface area contributed by atoms with Gasteiger partial charge in [-0.1, -0.05) is 50.7 Å². The number of nitrogens with zero attached hydrogens (tertiary/aromatic N) is 4. The molecule has 2 aliphatic carbocycles. The van der Waals surface area contributed by atoms with Crippen LogP contribution in [0.15, 0.2) is 36.8 Å². The molecular weight excluding hydrogens is 446 g/mol. The van der Waals surface area contributed by atoms with Crippen molar-refractivity contribution in [1.82, 2.24) is 19.8 Å². The van der Waals surface area contributed by atoms with Crippen molar-refractivity contribution in [2.24, 2.45) is 17.8 Å². The Kier molecular flexibility index (Phi) is 8.38. The van der Waals surface area contributed by atoms with E-state index in [9.17, 15) is 4.79 Å². The molecule has 36 heavy (non-hydrogen) atoms. The molecule has 3 fully saturated rings. The van der Waals surface area contributed by atoms with Gasteiger partial charge in [0.25, 0.3) is 0 Å². The zero-order chi connectivity index (χ0) is 24.7. The molecule has 1 unspecified atom stereocenters. The number of imidazole rings is 1. The fourth-order valence-electron chi connectivity index (χ4n) is 7.05. The van der Waals surface area contributed by atoms with Gasteiger partial charge in [0.1, 0.15) is 0 Å². The van der Waals surface area contributed by atoms with Gasteiger partial charge in [0.15, 0.2) is 0 Å². The van der Waals surface area contributed by atoms with E-state index in [1.807, 2.05) is 18.3 Å². The number of benzene rings is 1. The summed E-state index contributed by atoms with van der Waals surface area (Å²) in [5, 5.41) is 9.14. The van der Waals surface area contributed by atoms with Crippen LogP contribution in [0.1, 0.15) is 81.0 Å². The van der Waals surface area contributed by atoms with Crippen molar-refractivity contribution >= 4 is 5.91 Å². The lowest BCUT2D eigenvalue weighted by Crippen LogP contribution is -2.57. The van der Waals surface area contributed by atoms with E-state index in [1.54, 1.807) is 6.33 Å². The smallest absolute Gasteiger partial charge is 0.226 e. The van der Waals surface area contributed by atoms with Crippen LogP contribution in [-0.2, 0) is 17.8 Å². The molecule has 5 rings (SSSR count). The monoisotopic (exact) mass is 487 g/mol. The van der Waals surface area contributed by atoms with Crippen molar-refractivity contribution in [1.29, 1.82) is 5.26 Å². The molecular formula is C30H41N5O. The maximum absolute atomic E-state index is 14.2. The van der Waals surface area contributed by atoms with Crippen molar-refractivity contribution in [2.75, 3.05) is 19.6 Å². The Morgan fingerprint density at radius 1 is 1.00 bits per heavy atom. The molecule has 1 saturated heterocycles. The minimum atomic E-state index is 0.225. The molecule has 1 aliphatic heterocycles. The van der Waals surface area contributed by atoms with Crippen LogP contribution >= 0.6 is 0 Å². The van der Waals surface area contributed by atoms with Crippen molar-refractivity contribution in [3.05, 3.63) is 53.6 Å². The summed E-state index contributed by atoms with van der Waals surface area (Å²) in [6.07, 6.45) is 17.3. The number of hydrogen-bond acceptors (Lipinski definition) is 4. The molecule has 2 saturated carbocycles. The molecule has 1 atom stereocenters. The summed E-state index contributed by atoms with van der Waals surface area (Å²) in [6.45, 7) is 3.31. The first-order chi connectivity index (χ1) is 17.7. The van der Waals surface area contributed by atoms with Crippen LogP contribution in [0.3, 0.4) is 0 Å². The maximum atomic E-state index is 14.2. The van der Waals surface area contributed by atoms with Gasteiger partial charge in [-0.25, -0.2) is 4.98 Å². The van der Waals surface area contributed by atoms with Gasteiger partial charge in [-0.3, -0.25) is 9.69 Å². The van der Waals surface area contributed by atoms with E-state index in [1.165, 1.54) is 69.8 Å². The lowest BCUT2D eigenvalue weighted by Gasteiger charge is -2.45. The average molecular weight is 488 g/mol. The number of aromatic nitrogens is 2. The number of aromatic amines is 1. The van der Waals surface area contributed by atoms with Crippen LogP contribution in [0.2, 0.25) is 0 Å². The summed E-state index contributed by atoms with van der Waals surface area (Å²) in [6, 6.07) is 10.4. The molecule has 0 radical (unpaired) electrons. The third kappa shape index (κ3) is 6.00. The van der Waals surface area contributed by atoms with Crippen molar-refractivity contribution in [3.63, 3.8) is 0 Å². The van der Waals surface area contributed by atoms with Crippen LogP contribution in [0.5, 0.6) is 0 Å². The van der Waals surface area contributed by atoms with E-state index in [4.69, 9.17) is 5.26 Å². The number of carbonyl (C=O) groups is 1. The minimum absolute atomic E-state index is 0.225. The topological polar surface area (TPSA) is 76.0 Å². The van der Waals surface area contributed by atoms with Crippen molar-refractivity contribution in [3.8, 4) is 6.07 Å². The van der Waals surface area contributed by atoms with Gasteiger partial charge in [0.2, 0.25) is 5.91 Å². The number of amides is 1. The second-order valence-electron chi connectivity index (χ2n) is 11.3. The third-order valence-electron chi connectivity index (χ3n) is 9.00. The molecule has 1 amide bonds. The normalized spacial score (nSPS) is 22.6. The molecule has 1 N–H and O–H groups in total. The second kappa shape index (κ2) is 12.1. The van der Waals surface area contributed by atoms with E-state index in [2.05, 4.69) is 38.0 Å². The number of piperazine rings is 1. The van der Waals surface area contributed by atoms with Crippen LogP contribution < -0.4 is 0 Å². The zero-order valence-electron chi connectivity index (χ0n) is 21.6. The van der Waals surface area contributed by atoms with E-state index >= 15 is 0 Å². The largest absolute Gasteiger partial charge is 0.348 e. The zero-order valence-corrected chi connectivity index (χ0v) is 21.6. The summed E-state index contributed by atoms with van der Waals surface area (Å²) in [4.78, 5) is 26.5. The van der Waals surface area contributed by atoms with Crippen LogP contribution in [0, 0.1) is 29.1 Å². The van der Waals surface area contributed by atoms with Gasteiger partial charge >= 0.3 is 0 Å². The Labute approximate surface area is 216 Å². The summed E-state index contributed by atoms with van der Waals surface area (Å²) in [5.41, 5.74) is 3.03. The van der Waals surface area contributed by atoms with E-state index < -0.39 is 0 Å². The maximum Gasteiger partial charge on any atom is 0.226 e. The molecule has 6 nitrogen and oxygen atoms in total. The predicted octanol–water partition coefficient (Wildman–Crippen LogP) is 5.31. The number of H-pyrrole nitrogens is 1. The first kappa shape index (κ1) is 25.0. The van der Waals surface area contributed by atoms with E-state index in [0.29, 0.717) is 23.3 Å². The number of nitriles is 1. The van der Waals surface area contributed by atoms with Gasteiger partial charge in [-0.2, -0.15) is 5.26 Å². The van der Waals surface area contributed by atoms with E-state index in [0.717, 1.165) is 38.3 Å². The minimum Gasteiger partial charge on any atom is -0.348 e. The molecule has 2 aromatic rings. The summed E-state index contributed by atoms with van der Waals surface area (Å²) < 4.78 is 0. The fraction of sp³-hybridized carbons (Fsp3) is 0.633. The summed E-state index contributed by atoms with van der Waals surface area (Å²) >= 11 is 0. The SMILES string of the molecule is N#Cc1ccc(CN2CCN(C(=O)C(C3CCCCC3)C3CCCCC3)CC2Cc2cnc[nH]2)cc1. The van der Waals surface area contributed by atoms with Crippen LogP contribution in [-0.4, -0.2) is 51.4 Å². The highest BCUT2D eigenvalue weighted by molar-refractivity contribution is 5.79. The molecule has 6 heteroatoms. The third-order valence-corrected chi connectivity index (χ3v) is 9.00. The Morgan fingerprint density at radius 3 is 2.25 bits per heavy atom. The van der Waals surface area contributed by atoms with Gasteiger partial charge in [-0.05, 0) is 55.2 Å². The number of hydrogen-bond donors (Lipinski definition) is 1. The summed E-state index contributed by atoms with van der Waals surface area (Å²) in [5.74, 6) is 1.83. The van der Waals surface area contributed by atoms with Gasteiger partial charge < -0.3 is 9.88 Å². The first-order valence-electron chi connectivity index (χ1n) is 14.2. The van der Waals surface area contributed by atoms with Gasteiger partial charge in [0.05, 0.1) is 18.0 Å². The molecule has 2 heterocycles. The lowest BCUT2D eigenvalue weighted by molar-refractivity contribution is -0.144. The average Bonchev–Trinajstić information content (AvgIpc) is 3.44. The highest BCUT2D eigenvalue weighted by Crippen LogP contribution is 2.41. The number of nitrogens with one attached hydrogen (secondary N) is 1. The molecule has 0 bridgehead atoms. The molecule has 1 aromatic heterocycles. The molecule has 3 aliphatic rings. The van der Waals surface area contributed by atoms with E-state index in [-0.39, 0.29) is 12.0 Å². The van der Waals surface area contributed by atoms with Gasteiger partial charge in [0, 0.05) is 56.5 Å². The predicted molar refractivity (Wildman–Crippen MR) is 141 cm³/mol. The fourth-order valence-corrected chi connectivity index (χ4v) is 7.05. The Bertz CT molecular complexity index is 981. The Morgan fingerprint density at radius 2 is 1.67 bits per heavy atom. The second-order valence-corrected chi connectivity index (χ2v) is 11.3. The molecule has 192 valence electrons. The molecule has 1 aromatic carbocycles. The van der Waals surface area contributed by atoms with Crippen LogP contribution in [0.4, 0.5) is 0 Å². The first-order valence-corrected chi connectivity index (χ1v) is 14.2. The Hall–Kier alpha value is -2.65. The van der Waals surface area contributed by atoms with Crippen LogP contribution in [0.25, 0.3) is 0 Å². The van der Waals surface area contributed by atoms with Crippen molar-refractivity contribution in [2.45, 2.75) is 83.2 Å². The highest BCUT2D eigenvalue weighted by atomic mass is 16.2. The molecule has 0 spiro atoms.